The topological polar surface area (TPSA) is 69.7 Å². The van der Waals surface area contributed by atoms with Crippen molar-refractivity contribution >= 4 is 17.9 Å². The van der Waals surface area contributed by atoms with Gasteiger partial charge in [-0.15, -0.1) is 0 Å². The van der Waals surface area contributed by atoms with E-state index in [0.717, 1.165) is 0 Å². The molecule has 1 atom stereocenters. The second kappa shape index (κ2) is 6.91. The van der Waals surface area contributed by atoms with Crippen molar-refractivity contribution in [1.82, 2.24) is 0 Å². The Morgan fingerprint density at radius 1 is 1.26 bits per heavy atom. The quantitative estimate of drug-likeness (QED) is 0.437. The van der Waals surface area contributed by atoms with Crippen molar-refractivity contribution in [2.24, 2.45) is 0 Å². The van der Waals surface area contributed by atoms with Gasteiger partial charge in [0.1, 0.15) is 0 Å². The van der Waals surface area contributed by atoms with Gasteiger partial charge in [-0.1, -0.05) is 19.9 Å². The van der Waals surface area contributed by atoms with Crippen LogP contribution in [-0.4, -0.2) is 30.2 Å². The van der Waals surface area contributed by atoms with E-state index in [1.165, 1.54) is 6.92 Å². The third-order valence-corrected chi connectivity index (χ3v) is 1.84. The molecule has 0 bridgehead atoms. The SMILES string of the molecule is C=C(C)C(=O)OC(CCC)C(=O)OC(=O)C(F)(F)F. The molecule has 0 aliphatic heterocycles. The molecule has 0 saturated heterocycles. The maximum absolute atomic E-state index is 11.9. The van der Waals surface area contributed by atoms with E-state index in [0.29, 0.717) is 6.42 Å². The number of hydrogen-bond donors (Lipinski definition) is 0. The van der Waals surface area contributed by atoms with Gasteiger partial charge >= 0.3 is 24.1 Å². The minimum atomic E-state index is -5.29. The lowest BCUT2D eigenvalue weighted by Gasteiger charge is -2.15. The molecule has 0 aliphatic carbocycles. The molecule has 0 amide bonds. The van der Waals surface area contributed by atoms with Gasteiger partial charge < -0.3 is 9.47 Å². The van der Waals surface area contributed by atoms with Crippen molar-refractivity contribution < 1.29 is 37.0 Å². The van der Waals surface area contributed by atoms with E-state index in [2.05, 4.69) is 16.1 Å². The maximum atomic E-state index is 11.9. The highest BCUT2D eigenvalue weighted by molar-refractivity contribution is 5.93. The maximum Gasteiger partial charge on any atom is 0.491 e. The van der Waals surface area contributed by atoms with Crippen LogP contribution in [-0.2, 0) is 23.9 Å². The fraction of sp³-hybridized carbons (Fsp3) is 0.545. The van der Waals surface area contributed by atoms with Crippen LogP contribution in [0.3, 0.4) is 0 Å². The molecule has 0 rings (SSSR count). The molecular weight excluding hydrogens is 269 g/mol. The van der Waals surface area contributed by atoms with E-state index >= 15 is 0 Å². The lowest BCUT2D eigenvalue weighted by molar-refractivity contribution is -0.205. The number of esters is 3. The largest absolute Gasteiger partial charge is 0.491 e. The minimum Gasteiger partial charge on any atom is -0.447 e. The Bertz CT molecular complexity index is 386. The molecule has 0 aromatic heterocycles. The van der Waals surface area contributed by atoms with Crippen LogP contribution in [0.15, 0.2) is 12.2 Å². The van der Waals surface area contributed by atoms with Gasteiger partial charge in [0.25, 0.3) is 0 Å². The first-order chi connectivity index (χ1) is 8.59. The van der Waals surface area contributed by atoms with Crippen molar-refractivity contribution in [3.05, 3.63) is 12.2 Å². The van der Waals surface area contributed by atoms with Gasteiger partial charge in [-0.25, -0.2) is 14.4 Å². The predicted molar refractivity (Wildman–Crippen MR) is 56.8 cm³/mol. The predicted octanol–water partition coefficient (Wildman–Crippen LogP) is 1.91. The molecule has 0 aromatic rings. The molecule has 108 valence electrons. The molecule has 19 heavy (non-hydrogen) atoms. The highest BCUT2D eigenvalue weighted by Gasteiger charge is 2.43. The normalized spacial score (nSPS) is 12.5. The zero-order chi connectivity index (χ0) is 15.2. The Morgan fingerprint density at radius 2 is 1.79 bits per heavy atom. The molecule has 5 nitrogen and oxygen atoms in total. The number of carbonyl (C=O) groups is 3. The lowest BCUT2D eigenvalue weighted by Crippen LogP contribution is -2.35. The van der Waals surface area contributed by atoms with Crippen molar-refractivity contribution in [2.75, 3.05) is 0 Å². The lowest BCUT2D eigenvalue weighted by atomic mass is 10.2. The summed E-state index contributed by atoms with van der Waals surface area (Å²) in [6, 6.07) is 0. The Morgan fingerprint density at radius 3 is 2.16 bits per heavy atom. The zero-order valence-electron chi connectivity index (χ0n) is 10.4. The number of rotatable bonds is 5. The number of carbonyl (C=O) groups excluding carboxylic acids is 3. The average molecular weight is 282 g/mol. The van der Waals surface area contributed by atoms with E-state index in [1.807, 2.05) is 0 Å². The Hall–Kier alpha value is -1.86. The second-order valence-electron chi connectivity index (χ2n) is 3.67. The van der Waals surface area contributed by atoms with E-state index in [-0.39, 0.29) is 12.0 Å². The first-order valence-corrected chi connectivity index (χ1v) is 5.28. The summed E-state index contributed by atoms with van der Waals surface area (Å²) < 4.78 is 43.9. The first kappa shape index (κ1) is 17.1. The third kappa shape index (κ3) is 6.03. The van der Waals surface area contributed by atoms with Crippen molar-refractivity contribution in [1.29, 1.82) is 0 Å². The summed E-state index contributed by atoms with van der Waals surface area (Å²) in [5.74, 6) is -5.15. The number of ether oxygens (including phenoxy) is 2. The standard InChI is InChI=1S/C11H13F3O5/c1-4-5-7(18-8(15)6(2)3)9(16)19-10(17)11(12,13)14/h7H,2,4-5H2,1,3H3. The third-order valence-electron chi connectivity index (χ3n) is 1.84. The summed E-state index contributed by atoms with van der Waals surface area (Å²) in [5, 5.41) is 0. The molecule has 1 unspecified atom stereocenters. The first-order valence-electron chi connectivity index (χ1n) is 5.28. The molecular formula is C11H13F3O5. The summed E-state index contributed by atoms with van der Waals surface area (Å²) in [4.78, 5) is 33.0. The molecule has 0 heterocycles. The fourth-order valence-electron chi connectivity index (χ4n) is 0.932. The molecule has 0 N–H and O–H groups in total. The zero-order valence-corrected chi connectivity index (χ0v) is 10.4. The van der Waals surface area contributed by atoms with Crippen molar-refractivity contribution in [2.45, 2.75) is 39.0 Å². The Labute approximate surface area is 107 Å². The monoisotopic (exact) mass is 282 g/mol. The summed E-state index contributed by atoms with van der Waals surface area (Å²) in [6.07, 6.45) is -6.59. The van der Waals surface area contributed by atoms with Gasteiger partial charge in [0.15, 0.2) is 6.10 Å². The highest BCUT2D eigenvalue weighted by atomic mass is 19.4. The summed E-state index contributed by atoms with van der Waals surface area (Å²) >= 11 is 0. The van der Waals surface area contributed by atoms with Crippen LogP contribution in [0, 0.1) is 0 Å². The minimum absolute atomic E-state index is 0.0314. The van der Waals surface area contributed by atoms with Gasteiger partial charge in [0.05, 0.1) is 0 Å². The molecule has 8 heteroatoms. The molecule has 0 spiro atoms. The van der Waals surface area contributed by atoms with E-state index in [9.17, 15) is 27.6 Å². The molecule has 0 fully saturated rings. The Kier molecular flexibility index (Phi) is 6.23. The van der Waals surface area contributed by atoms with Gasteiger partial charge in [-0.3, -0.25) is 0 Å². The van der Waals surface area contributed by atoms with Crippen LogP contribution in [0.5, 0.6) is 0 Å². The van der Waals surface area contributed by atoms with Crippen LogP contribution in [0.1, 0.15) is 26.7 Å². The van der Waals surface area contributed by atoms with Gasteiger partial charge in [0, 0.05) is 5.57 Å². The molecule has 0 saturated carbocycles. The Balaban J connectivity index is 4.71. The summed E-state index contributed by atoms with van der Waals surface area (Å²) in [6.45, 7) is 6.17. The smallest absolute Gasteiger partial charge is 0.447 e. The van der Waals surface area contributed by atoms with Gasteiger partial charge in [0.2, 0.25) is 0 Å². The molecule has 0 aliphatic rings. The number of hydrogen-bond acceptors (Lipinski definition) is 5. The van der Waals surface area contributed by atoms with Crippen LogP contribution in [0.2, 0.25) is 0 Å². The van der Waals surface area contributed by atoms with Gasteiger partial charge in [-0.2, -0.15) is 13.2 Å². The van der Waals surface area contributed by atoms with Gasteiger partial charge in [-0.05, 0) is 13.3 Å². The highest BCUT2D eigenvalue weighted by Crippen LogP contribution is 2.18. The van der Waals surface area contributed by atoms with Crippen molar-refractivity contribution in [3.63, 3.8) is 0 Å². The second-order valence-corrected chi connectivity index (χ2v) is 3.67. The average Bonchev–Trinajstić information content (AvgIpc) is 2.26. The van der Waals surface area contributed by atoms with E-state index in [4.69, 9.17) is 0 Å². The summed E-state index contributed by atoms with van der Waals surface area (Å²) in [7, 11) is 0. The molecule has 0 aromatic carbocycles. The number of halogens is 3. The number of alkyl halides is 3. The van der Waals surface area contributed by atoms with E-state index < -0.39 is 30.2 Å². The van der Waals surface area contributed by atoms with Crippen molar-refractivity contribution in [3.8, 4) is 0 Å². The van der Waals surface area contributed by atoms with Crippen LogP contribution in [0.4, 0.5) is 13.2 Å². The van der Waals surface area contributed by atoms with E-state index in [1.54, 1.807) is 6.92 Å². The molecule has 0 radical (unpaired) electrons. The fourth-order valence-corrected chi connectivity index (χ4v) is 0.932. The summed E-state index contributed by atoms with van der Waals surface area (Å²) in [5.41, 5.74) is -0.0314. The van der Waals surface area contributed by atoms with Crippen LogP contribution in [0.25, 0.3) is 0 Å². The van der Waals surface area contributed by atoms with Crippen LogP contribution >= 0.6 is 0 Å². The van der Waals surface area contributed by atoms with Crippen LogP contribution < -0.4 is 0 Å².